The first-order valence-electron chi connectivity index (χ1n) is 3.30. The summed E-state index contributed by atoms with van der Waals surface area (Å²) in [6.45, 7) is 2.38. The smallest absolute Gasteiger partial charge is 0.0468 e. The van der Waals surface area contributed by atoms with Gasteiger partial charge in [0.15, 0.2) is 0 Å². The van der Waals surface area contributed by atoms with Crippen molar-refractivity contribution in [2.45, 2.75) is 19.8 Å². The van der Waals surface area contributed by atoms with E-state index in [2.05, 4.69) is 19.1 Å². The lowest BCUT2D eigenvalue weighted by Gasteiger charge is -1.98. The van der Waals surface area contributed by atoms with Crippen molar-refractivity contribution in [3.63, 3.8) is 0 Å². The first-order chi connectivity index (χ1) is 4.34. The van der Waals surface area contributed by atoms with Crippen molar-refractivity contribution in [1.29, 1.82) is 0 Å². The molecule has 1 aliphatic carbocycles. The van der Waals surface area contributed by atoms with E-state index in [-0.39, 0.29) is 6.61 Å². The normalized spacial score (nSPS) is 17.6. The average Bonchev–Trinajstić information content (AvgIpc) is 2.18. The molecule has 0 atom stereocenters. The van der Waals surface area contributed by atoms with Gasteiger partial charge in [-0.15, -0.1) is 0 Å². The van der Waals surface area contributed by atoms with E-state index < -0.39 is 0 Å². The highest BCUT2D eigenvalue weighted by atomic mass is 16.2. The fourth-order valence-electron chi connectivity index (χ4n) is 1.09. The molecule has 9 heavy (non-hydrogen) atoms. The van der Waals surface area contributed by atoms with E-state index in [0.29, 0.717) is 0 Å². The molecule has 1 N–H and O–H groups in total. The van der Waals surface area contributed by atoms with Crippen LogP contribution in [0.25, 0.3) is 0 Å². The second kappa shape index (κ2) is 2.83. The fourth-order valence-corrected chi connectivity index (χ4v) is 1.09. The summed E-state index contributed by atoms with van der Waals surface area (Å²) in [5, 5.41) is 8.58. The summed E-state index contributed by atoms with van der Waals surface area (Å²) in [6.07, 6.45) is 6.15. The minimum absolute atomic E-state index is 0.286. The molecule has 0 aromatic heterocycles. The highest BCUT2D eigenvalue weighted by Gasteiger charge is 2.02. The molecule has 0 radical (unpaired) electrons. The molecule has 0 saturated carbocycles. The van der Waals surface area contributed by atoms with Crippen LogP contribution in [-0.2, 0) is 0 Å². The van der Waals surface area contributed by atoms with E-state index in [1.165, 1.54) is 11.1 Å². The number of aliphatic hydroxyl groups excluding tert-OH is 1. The van der Waals surface area contributed by atoms with Crippen LogP contribution in [0.3, 0.4) is 0 Å². The third-order valence-corrected chi connectivity index (χ3v) is 1.70. The molecular formula is C8H12O. The van der Waals surface area contributed by atoms with Gasteiger partial charge in [0, 0.05) is 6.61 Å². The molecule has 0 bridgehead atoms. The Balaban J connectivity index is 2.51. The molecule has 1 nitrogen and oxygen atoms in total. The predicted molar refractivity (Wildman–Crippen MR) is 38.2 cm³/mol. The Labute approximate surface area is 55.7 Å². The van der Waals surface area contributed by atoms with Crippen molar-refractivity contribution >= 4 is 0 Å². The molecule has 0 saturated heterocycles. The van der Waals surface area contributed by atoms with Crippen LogP contribution in [0.1, 0.15) is 19.8 Å². The summed E-state index contributed by atoms with van der Waals surface area (Å²) in [6, 6.07) is 0. The van der Waals surface area contributed by atoms with Gasteiger partial charge in [-0.3, -0.25) is 0 Å². The maximum absolute atomic E-state index is 8.58. The largest absolute Gasteiger partial charge is 0.396 e. The Morgan fingerprint density at radius 1 is 1.67 bits per heavy atom. The van der Waals surface area contributed by atoms with Crippen LogP contribution in [0.2, 0.25) is 0 Å². The highest BCUT2D eigenvalue weighted by molar-refractivity contribution is 5.31. The van der Waals surface area contributed by atoms with Crippen LogP contribution in [0.15, 0.2) is 23.3 Å². The standard InChI is InChI=1S/C8H12O/c1-7-3-2-4-8(7)5-6-9/h2-3,9H,4-6H2,1H3. The third kappa shape index (κ3) is 1.42. The molecule has 0 aromatic carbocycles. The van der Waals surface area contributed by atoms with Crippen molar-refractivity contribution in [3.8, 4) is 0 Å². The van der Waals surface area contributed by atoms with Crippen molar-refractivity contribution in [2.75, 3.05) is 6.61 Å². The van der Waals surface area contributed by atoms with Gasteiger partial charge in [0.05, 0.1) is 0 Å². The summed E-state index contributed by atoms with van der Waals surface area (Å²) >= 11 is 0. The average molecular weight is 124 g/mol. The van der Waals surface area contributed by atoms with Gasteiger partial charge in [-0.25, -0.2) is 0 Å². The Hall–Kier alpha value is -0.560. The van der Waals surface area contributed by atoms with Gasteiger partial charge in [-0.05, 0) is 19.8 Å². The fraction of sp³-hybridized carbons (Fsp3) is 0.500. The summed E-state index contributed by atoms with van der Waals surface area (Å²) in [7, 11) is 0. The summed E-state index contributed by atoms with van der Waals surface area (Å²) in [4.78, 5) is 0. The molecule has 0 heterocycles. The minimum atomic E-state index is 0.286. The Bertz CT molecular complexity index is 154. The van der Waals surface area contributed by atoms with Crippen LogP contribution >= 0.6 is 0 Å². The third-order valence-electron chi connectivity index (χ3n) is 1.70. The molecule has 0 amide bonds. The van der Waals surface area contributed by atoms with Crippen molar-refractivity contribution in [3.05, 3.63) is 23.3 Å². The highest BCUT2D eigenvalue weighted by Crippen LogP contribution is 2.20. The summed E-state index contributed by atoms with van der Waals surface area (Å²) in [5.41, 5.74) is 2.72. The maximum Gasteiger partial charge on any atom is 0.0468 e. The van der Waals surface area contributed by atoms with Crippen LogP contribution in [0.4, 0.5) is 0 Å². The van der Waals surface area contributed by atoms with Crippen molar-refractivity contribution in [2.24, 2.45) is 0 Å². The summed E-state index contributed by atoms with van der Waals surface area (Å²) < 4.78 is 0. The van der Waals surface area contributed by atoms with E-state index in [1.54, 1.807) is 0 Å². The van der Waals surface area contributed by atoms with Gasteiger partial charge in [0.2, 0.25) is 0 Å². The number of hydrogen-bond acceptors (Lipinski definition) is 1. The SMILES string of the molecule is CC1=C(CCO)CC=C1. The van der Waals surface area contributed by atoms with E-state index in [0.717, 1.165) is 12.8 Å². The van der Waals surface area contributed by atoms with Crippen molar-refractivity contribution < 1.29 is 5.11 Å². The lowest BCUT2D eigenvalue weighted by atomic mass is 10.1. The zero-order chi connectivity index (χ0) is 6.69. The Morgan fingerprint density at radius 3 is 2.89 bits per heavy atom. The molecule has 0 aliphatic heterocycles. The maximum atomic E-state index is 8.58. The van der Waals surface area contributed by atoms with Gasteiger partial charge in [-0.2, -0.15) is 0 Å². The lowest BCUT2D eigenvalue weighted by Crippen LogP contribution is -1.86. The van der Waals surface area contributed by atoms with Gasteiger partial charge >= 0.3 is 0 Å². The molecule has 1 rings (SSSR count). The number of rotatable bonds is 2. The second-order valence-corrected chi connectivity index (χ2v) is 2.37. The molecule has 0 fully saturated rings. The van der Waals surface area contributed by atoms with E-state index >= 15 is 0 Å². The second-order valence-electron chi connectivity index (χ2n) is 2.37. The van der Waals surface area contributed by atoms with Crippen LogP contribution in [-0.4, -0.2) is 11.7 Å². The molecule has 1 heteroatoms. The number of aliphatic hydroxyl groups is 1. The molecule has 50 valence electrons. The molecule has 1 aliphatic rings. The first-order valence-corrected chi connectivity index (χ1v) is 3.30. The number of hydrogen-bond donors (Lipinski definition) is 1. The van der Waals surface area contributed by atoms with E-state index in [4.69, 9.17) is 5.11 Å². The minimum Gasteiger partial charge on any atom is -0.396 e. The van der Waals surface area contributed by atoms with Gasteiger partial charge in [0.25, 0.3) is 0 Å². The monoisotopic (exact) mass is 124 g/mol. The molecular weight excluding hydrogens is 112 g/mol. The van der Waals surface area contributed by atoms with E-state index in [9.17, 15) is 0 Å². The number of allylic oxidation sites excluding steroid dienone is 3. The van der Waals surface area contributed by atoms with Gasteiger partial charge < -0.3 is 5.11 Å². The molecule has 0 unspecified atom stereocenters. The van der Waals surface area contributed by atoms with Crippen LogP contribution in [0.5, 0.6) is 0 Å². The summed E-state index contributed by atoms with van der Waals surface area (Å²) in [5.74, 6) is 0. The van der Waals surface area contributed by atoms with E-state index in [1.807, 2.05) is 0 Å². The zero-order valence-corrected chi connectivity index (χ0v) is 5.72. The van der Waals surface area contributed by atoms with Gasteiger partial charge in [0.1, 0.15) is 0 Å². The predicted octanol–water partition coefficient (Wildman–Crippen LogP) is 1.65. The first kappa shape index (κ1) is 6.56. The van der Waals surface area contributed by atoms with Crippen LogP contribution < -0.4 is 0 Å². The molecule has 0 spiro atoms. The van der Waals surface area contributed by atoms with Crippen molar-refractivity contribution in [1.82, 2.24) is 0 Å². The molecule has 0 aromatic rings. The van der Waals surface area contributed by atoms with Gasteiger partial charge in [-0.1, -0.05) is 23.3 Å². The Kier molecular flexibility index (Phi) is 2.06. The Morgan fingerprint density at radius 2 is 2.44 bits per heavy atom. The van der Waals surface area contributed by atoms with Crippen LogP contribution in [0, 0.1) is 0 Å². The topological polar surface area (TPSA) is 20.2 Å². The lowest BCUT2D eigenvalue weighted by molar-refractivity contribution is 0.298. The zero-order valence-electron chi connectivity index (χ0n) is 5.72. The quantitative estimate of drug-likeness (QED) is 0.593.